The Bertz CT molecular complexity index is 561. The van der Waals surface area contributed by atoms with Crippen LogP contribution in [0.4, 0.5) is 0 Å². The van der Waals surface area contributed by atoms with Gasteiger partial charge in [0, 0.05) is 30.9 Å². The maximum atomic E-state index is 11.1. The van der Waals surface area contributed by atoms with Crippen molar-refractivity contribution in [2.24, 2.45) is 11.7 Å². The Balaban J connectivity index is 2.41. The second-order valence-electron chi connectivity index (χ2n) is 4.52. The van der Waals surface area contributed by atoms with E-state index in [-0.39, 0.29) is 11.8 Å². The van der Waals surface area contributed by atoms with Crippen molar-refractivity contribution in [2.45, 2.75) is 20.0 Å². The second kappa shape index (κ2) is 5.18. The number of rotatable bonds is 5. The molecule has 18 heavy (non-hydrogen) atoms. The van der Waals surface area contributed by atoms with Gasteiger partial charge in [-0.15, -0.1) is 0 Å². The smallest absolute Gasteiger partial charge is 0.222 e. The average molecular weight is 246 g/mol. The molecule has 0 radical (unpaired) electrons. The summed E-state index contributed by atoms with van der Waals surface area (Å²) in [6, 6.07) is 3.96. The Kier molecular flexibility index (Phi) is 3.62. The van der Waals surface area contributed by atoms with Gasteiger partial charge in [-0.1, -0.05) is 6.92 Å². The van der Waals surface area contributed by atoms with Crippen molar-refractivity contribution in [3.05, 3.63) is 30.1 Å². The van der Waals surface area contributed by atoms with Crippen LogP contribution in [0.1, 0.15) is 12.5 Å². The van der Waals surface area contributed by atoms with Crippen molar-refractivity contribution in [2.75, 3.05) is 7.05 Å². The number of carbonyl (C=O) groups is 1. The van der Waals surface area contributed by atoms with Crippen LogP contribution in [0, 0.1) is 5.92 Å². The van der Waals surface area contributed by atoms with Crippen LogP contribution in [0.15, 0.2) is 24.5 Å². The first-order valence-corrected chi connectivity index (χ1v) is 6.00. The minimum Gasteiger partial charge on any atom is -0.369 e. The molecule has 0 saturated heterocycles. The maximum absolute atomic E-state index is 11.1. The molecule has 0 aliphatic rings. The minimum absolute atomic E-state index is 0.204. The summed E-state index contributed by atoms with van der Waals surface area (Å²) < 4.78 is 2.00. The van der Waals surface area contributed by atoms with Gasteiger partial charge in [-0.2, -0.15) is 0 Å². The second-order valence-corrected chi connectivity index (χ2v) is 4.52. The molecule has 1 amide bonds. The van der Waals surface area contributed by atoms with Gasteiger partial charge < -0.3 is 15.6 Å². The lowest BCUT2D eigenvalue weighted by atomic mass is 10.2. The molecule has 96 valence electrons. The van der Waals surface area contributed by atoms with E-state index in [1.54, 1.807) is 6.20 Å². The lowest BCUT2D eigenvalue weighted by Crippen LogP contribution is -2.24. The van der Waals surface area contributed by atoms with Crippen LogP contribution in [0.2, 0.25) is 0 Å². The first-order valence-electron chi connectivity index (χ1n) is 6.00. The number of pyridine rings is 1. The molecule has 0 aliphatic heterocycles. The minimum atomic E-state index is -0.289. The Morgan fingerprint density at radius 3 is 3.06 bits per heavy atom. The van der Waals surface area contributed by atoms with E-state index in [4.69, 9.17) is 5.73 Å². The Morgan fingerprint density at radius 2 is 2.39 bits per heavy atom. The van der Waals surface area contributed by atoms with E-state index < -0.39 is 0 Å². The zero-order valence-electron chi connectivity index (χ0n) is 10.7. The Morgan fingerprint density at radius 1 is 1.61 bits per heavy atom. The molecule has 0 spiro atoms. The summed E-state index contributed by atoms with van der Waals surface area (Å²) >= 11 is 0. The van der Waals surface area contributed by atoms with Crippen LogP contribution >= 0.6 is 0 Å². The molecule has 2 heterocycles. The van der Waals surface area contributed by atoms with Crippen LogP contribution in [-0.4, -0.2) is 22.5 Å². The molecule has 5 nitrogen and oxygen atoms in total. The van der Waals surface area contributed by atoms with Gasteiger partial charge in [0.15, 0.2) is 0 Å². The molecule has 3 N–H and O–H groups in total. The molecule has 2 rings (SSSR count). The average Bonchev–Trinajstić information content (AvgIpc) is 2.69. The van der Waals surface area contributed by atoms with Crippen LogP contribution in [0.5, 0.6) is 0 Å². The summed E-state index contributed by atoms with van der Waals surface area (Å²) in [6.07, 6.45) is 3.80. The van der Waals surface area contributed by atoms with Crippen molar-refractivity contribution in [1.29, 1.82) is 0 Å². The third-order valence-electron chi connectivity index (χ3n) is 3.04. The summed E-state index contributed by atoms with van der Waals surface area (Å²) in [5.41, 5.74) is 7.39. The highest BCUT2D eigenvalue weighted by atomic mass is 16.1. The fourth-order valence-electron chi connectivity index (χ4n) is 2.05. The lowest BCUT2D eigenvalue weighted by Gasteiger charge is -2.08. The standard InChI is InChI=1S/C13H18N4O/c1-9(12(14)18)7-17-8-10(6-15-2)11-4-3-5-16-13(11)17/h3-5,8-9,15H,6-7H2,1-2H3,(H2,14,18). The third kappa shape index (κ3) is 2.36. The van der Waals surface area contributed by atoms with Gasteiger partial charge in [-0.05, 0) is 24.7 Å². The molecule has 2 aromatic heterocycles. The van der Waals surface area contributed by atoms with Crippen molar-refractivity contribution >= 4 is 16.9 Å². The molecule has 2 aromatic rings. The topological polar surface area (TPSA) is 72.9 Å². The number of aromatic nitrogens is 2. The van der Waals surface area contributed by atoms with Gasteiger partial charge in [0.05, 0.1) is 5.92 Å². The number of primary amides is 1. The highest BCUT2D eigenvalue weighted by molar-refractivity contribution is 5.81. The lowest BCUT2D eigenvalue weighted by molar-refractivity contribution is -0.121. The van der Waals surface area contributed by atoms with E-state index in [2.05, 4.69) is 10.3 Å². The highest BCUT2D eigenvalue weighted by Crippen LogP contribution is 2.20. The van der Waals surface area contributed by atoms with E-state index in [1.165, 1.54) is 5.56 Å². The van der Waals surface area contributed by atoms with Crippen LogP contribution in [0.3, 0.4) is 0 Å². The Hall–Kier alpha value is -1.88. The highest BCUT2D eigenvalue weighted by Gasteiger charge is 2.14. The van der Waals surface area contributed by atoms with Crippen LogP contribution < -0.4 is 11.1 Å². The largest absolute Gasteiger partial charge is 0.369 e. The van der Waals surface area contributed by atoms with Crippen LogP contribution in [0.25, 0.3) is 11.0 Å². The van der Waals surface area contributed by atoms with E-state index in [9.17, 15) is 4.79 Å². The first kappa shape index (κ1) is 12.6. The molecule has 0 fully saturated rings. The molecular weight excluding hydrogens is 228 g/mol. The predicted molar refractivity (Wildman–Crippen MR) is 70.9 cm³/mol. The molecule has 0 bridgehead atoms. The number of hydrogen-bond acceptors (Lipinski definition) is 3. The molecular formula is C13H18N4O. The molecule has 0 aliphatic carbocycles. The number of nitrogens with two attached hydrogens (primary N) is 1. The summed E-state index contributed by atoms with van der Waals surface area (Å²) in [7, 11) is 1.91. The Labute approximate surface area is 106 Å². The van der Waals surface area contributed by atoms with Gasteiger partial charge in [0.25, 0.3) is 0 Å². The molecule has 5 heteroatoms. The van der Waals surface area contributed by atoms with Crippen LogP contribution in [-0.2, 0) is 17.9 Å². The number of hydrogen-bond donors (Lipinski definition) is 2. The molecule has 1 atom stereocenters. The van der Waals surface area contributed by atoms with E-state index in [1.807, 2.05) is 36.9 Å². The number of nitrogens with zero attached hydrogens (tertiary/aromatic N) is 2. The molecule has 0 saturated carbocycles. The number of nitrogens with one attached hydrogen (secondary N) is 1. The number of carbonyl (C=O) groups excluding carboxylic acids is 1. The summed E-state index contributed by atoms with van der Waals surface area (Å²) in [5.74, 6) is -0.493. The van der Waals surface area contributed by atoms with Gasteiger partial charge in [0.2, 0.25) is 5.91 Å². The van der Waals surface area contributed by atoms with E-state index >= 15 is 0 Å². The quantitative estimate of drug-likeness (QED) is 0.822. The maximum Gasteiger partial charge on any atom is 0.222 e. The molecule has 1 unspecified atom stereocenters. The first-order chi connectivity index (χ1) is 8.63. The third-order valence-corrected chi connectivity index (χ3v) is 3.04. The van der Waals surface area contributed by atoms with Gasteiger partial charge >= 0.3 is 0 Å². The van der Waals surface area contributed by atoms with Gasteiger partial charge in [-0.3, -0.25) is 4.79 Å². The number of amides is 1. The SMILES string of the molecule is CNCc1cn(CC(C)C(N)=O)c2ncccc12. The fraction of sp³-hybridized carbons (Fsp3) is 0.385. The van der Waals surface area contributed by atoms with Crippen molar-refractivity contribution < 1.29 is 4.79 Å². The van der Waals surface area contributed by atoms with Gasteiger partial charge in [0.1, 0.15) is 5.65 Å². The normalized spacial score (nSPS) is 12.8. The van der Waals surface area contributed by atoms with Crippen molar-refractivity contribution in [3.63, 3.8) is 0 Å². The summed E-state index contributed by atoms with van der Waals surface area (Å²) in [5, 5.41) is 4.25. The summed E-state index contributed by atoms with van der Waals surface area (Å²) in [6.45, 7) is 3.17. The van der Waals surface area contributed by atoms with Gasteiger partial charge in [-0.25, -0.2) is 4.98 Å². The van der Waals surface area contributed by atoms with Crippen molar-refractivity contribution in [3.8, 4) is 0 Å². The summed E-state index contributed by atoms with van der Waals surface area (Å²) in [4.78, 5) is 15.5. The zero-order chi connectivity index (χ0) is 13.1. The van der Waals surface area contributed by atoms with Crippen molar-refractivity contribution in [1.82, 2.24) is 14.9 Å². The fourth-order valence-corrected chi connectivity index (χ4v) is 2.05. The number of fused-ring (bicyclic) bond motifs is 1. The van der Waals surface area contributed by atoms with E-state index in [0.717, 1.165) is 17.6 Å². The molecule has 0 aromatic carbocycles. The predicted octanol–water partition coefficient (Wildman–Crippen LogP) is 0.877. The zero-order valence-corrected chi connectivity index (χ0v) is 10.7. The van der Waals surface area contributed by atoms with E-state index in [0.29, 0.717) is 6.54 Å². The monoisotopic (exact) mass is 246 g/mol.